The summed E-state index contributed by atoms with van der Waals surface area (Å²) < 4.78 is 33.5. The third kappa shape index (κ3) is 2.53. The van der Waals surface area contributed by atoms with E-state index in [1.54, 1.807) is 4.57 Å². The fourth-order valence-electron chi connectivity index (χ4n) is 1.99. The molecule has 0 amide bonds. The molecule has 0 radical (unpaired) electrons. The van der Waals surface area contributed by atoms with Crippen molar-refractivity contribution in [3.05, 3.63) is 66.0 Å². The molecule has 20 heavy (non-hydrogen) atoms. The van der Waals surface area contributed by atoms with Gasteiger partial charge in [0, 0.05) is 12.1 Å². The second-order valence-electron chi connectivity index (χ2n) is 4.43. The molecule has 3 nitrogen and oxygen atoms in total. The lowest BCUT2D eigenvalue weighted by molar-refractivity contribution is 0.0664. The molecule has 2 aromatic carbocycles. The Morgan fingerprint density at radius 3 is 2.60 bits per heavy atom. The van der Waals surface area contributed by atoms with E-state index in [0.29, 0.717) is 17.6 Å². The van der Waals surface area contributed by atoms with Crippen molar-refractivity contribution in [2.45, 2.75) is 13.3 Å². The minimum Gasteiger partial charge on any atom is -0.356 e. The van der Waals surface area contributed by atoms with Gasteiger partial charge in [-0.05, 0) is 5.56 Å². The quantitative estimate of drug-likeness (QED) is 0.728. The average Bonchev–Trinajstić information content (AvgIpc) is 2.83. The van der Waals surface area contributed by atoms with E-state index < -0.39 is 11.6 Å². The smallest absolute Gasteiger partial charge is 0.161 e. The van der Waals surface area contributed by atoms with Crippen LogP contribution in [0.2, 0.25) is 0 Å². The predicted octanol–water partition coefficient (Wildman–Crippen LogP) is 3.49. The van der Waals surface area contributed by atoms with E-state index in [0.717, 1.165) is 17.7 Å². The first-order chi connectivity index (χ1) is 9.74. The zero-order valence-corrected chi connectivity index (χ0v) is 10.6. The van der Waals surface area contributed by atoms with E-state index in [1.807, 2.05) is 30.3 Å². The number of imidazole rings is 1. The Labute approximate surface area is 114 Å². The molecule has 1 aromatic heterocycles. The topological polar surface area (TPSA) is 27.1 Å². The molecule has 0 N–H and O–H groups in total. The van der Waals surface area contributed by atoms with Gasteiger partial charge in [-0.1, -0.05) is 30.3 Å². The highest BCUT2D eigenvalue weighted by Gasteiger charge is 2.08. The zero-order valence-electron chi connectivity index (χ0n) is 10.6. The number of rotatable bonds is 4. The summed E-state index contributed by atoms with van der Waals surface area (Å²) in [6.45, 7) is 0.681. The van der Waals surface area contributed by atoms with E-state index in [-0.39, 0.29) is 6.73 Å². The lowest BCUT2D eigenvalue weighted by Gasteiger charge is -2.06. The van der Waals surface area contributed by atoms with Gasteiger partial charge >= 0.3 is 0 Å². The van der Waals surface area contributed by atoms with Crippen molar-refractivity contribution < 1.29 is 13.5 Å². The van der Waals surface area contributed by atoms with E-state index in [4.69, 9.17) is 4.74 Å². The Kier molecular flexibility index (Phi) is 3.43. The van der Waals surface area contributed by atoms with Crippen molar-refractivity contribution in [1.29, 1.82) is 0 Å². The first-order valence-electron chi connectivity index (χ1n) is 6.15. The number of halogens is 2. The second kappa shape index (κ2) is 5.38. The number of hydrogen-bond acceptors (Lipinski definition) is 2. The molecule has 0 aliphatic carbocycles. The normalized spacial score (nSPS) is 11.1. The molecule has 0 saturated heterocycles. The van der Waals surface area contributed by atoms with Crippen LogP contribution in [0.25, 0.3) is 11.0 Å². The second-order valence-corrected chi connectivity index (χ2v) is 4.43. The third-order valence-corrected chi connectivity index (χ3v) is 3.01. The molecule has 102 valence electrons. The van der Waals surface area contributed by atoms with Gasteiger partial charge in [-0.2, -0.15) is 0 Å². The summed E-state index contributed by atoms with van der Waals surface area (Å²) in [5, 5.41) is 0. The fraction of sp³-hybridized carbons (Fsp3) is 0.133. The molecular weight excluding hydrogens is 262 g/mol. The fourth-order valence-corrected chi connectivity index (χ4v) is 1.99. The van der Waals surface area contributed by atoms with Crippen LogP contribution in [0.5, 0.6) is 0 Å². The molecule has 0 atom stereocenters. The number of benzene rings is 2. The summed E-state index contributed by atoms with van der Waals surface area (Å²) in [6, 6.07) is 11.9. The summed E-state index contributed by atoms with van der Waals surface area (Å²) in [4.78, 5) is 4.02. The molecule has 0 spiro atoms. The van der Waals surface area contributed by atoms with Crippen LogP contribution in [0.1, 0.15) is 5.56 Å². The van der Waals surface area contributed by atoms with E-state index >= 15 is 0 Å². The SMILES string of the molecule is Fc1cc2ncn(COCc3ccccc3)c2cc1F. The monoisotopic (exact) mass is 274 g/mol. The number of ether oxygens (including phenoxy) is 1. The number of nitrogens with zero attached hydrogens (tertiary/aromatic N) is 2. The van der Waals surface area contributed by atoms with Crippen molar-refractivity contribution in [2.24, 2.45) is 0 Å². The maximum Gasteiger partial charge on any atom is 0.161 e. The molecule has 5 heteroatoms. The Hall–Kier alpha value is -2.27. The highest BCUT2D eigenvalue weighted by atomic mass is 19.2. The van der Waals surface area contributed by atoms with Gasteiger partial charge in [0.25, 0.3) is 0 Å². The van der Waals surface area contributed by atoms with Gasteiger partial charge in [0.2, 0.25) is 0 Å². The first-order valence-corrected chi connectivity index (χ1v) is 6.15. The van der Waals surface area contributed by atoms with Crippen LogP contribution in [-0.4, -0.2) is 9.55 Å². The average molecular weight is 274 g/mol. The largest absolute Gasteiger partial charge is 0.356 e. The Morgan fingerprint density at radius 2 is 1.80 bits per heavy atom. The summed E-state index contributed by atoms with van der Waals surface area (Å²) in [7, 11) is 0. The number of fused-ring (bicyclic) bond motifs is 1. The molecule has 0 bridgehead atoms. The number of aromatic nitrogens is 2. The molecular formula is C15H12F2N2O. The van der Waals surface area contributed by atoms with Crippen LogP contribution in [0, 0.1) is 11.6 Å². The molecule has 0 fully saturated rings. The molecule has 1 heterocycles. The maximum absolute atomic E-state index is 13.2. The molecule has 0 unspecified atom stereocenters. The Bertz CT molecular complexity index is 725. The summed E-state index contributed by atoms with van der Waals surface area (Å²) in [5.41, 5.74) is 1.97. The van der Waals surface area contributed by atoms with Crippen molar-refractivity contribution in [1.82, 2.24) is 9.55 Å². The lowest BCUT2D eigenvalue weighted by atomic mass is 10.2. The predicted molar refractivity (Wildman–Crippen MR) is 70.9 cm³/mol. The molecule has 3 aromatic rings. The van der Waals surface area contributed by atoms with Gasteiger partial charge in [-0.25, -0.2) is 13.8 Å². The molecule has 0 aliphatic rings. The third-order valence-electron chi connectivity index (χ3n) is 3.01. The summed E-state index contributed by atoms with van der Waals surface area (Å²) >= 11 is 0. The minimum atomic E-state index is -0.895. The van der Waals surface area contributed by atoms with Crippen molar-refractivity contribution in [3.8, 4) is 0 Å². The zero-order chi connectivity index (χ0) is 13.9. The van der Waals surface area contributed by atoms with Crippen LogP contribution < -0.4 is 0 Å². The van der Waals surface area contributed by atoms with Crippen LogP contribution in [-0.2, 0) is 18.1 Å². The highest BCUT2D eigenvalue weighted by molar-refractivity contribution is 5.75. The van der Waals surface area contributed by atoms with Crippen LogP contribution in [0.4, 0.5) is 8.78 Å². The maximum atomic E-state index is 13.2. The molecule has 0 saturated carbocycles. The van der Waals surface area contributed by atoms with Crippen LogP contribution in [0.15, 0.2) is 48.8 Å². The van der Waals surface area contributed by atoms with Crippen LogP contribution >= 0.6 is 0 Å². The van der Waals surface area contributed by atoms with Gasteiger partial charge in [-0.3, -0.25) is 0 Å². The summed E-state index contributed by atoms with van der Waals surface area (Å²) in [5.74, 6) is -1.78. The van der Waals surface area contributed by atoms with Gasteiger partial charge in [0.1, 0.15) is 6.73 Å². The van der Waals surface area contributed by atoms with Gasteiger partial charge in [0.15, 0.2) is 11.6 Å². The molecule has 0 aliphatic heterocycles. The minimum absolute atomic E-state index is 0.233. The number of hydrogen-bond donors (Lipinski definition) is 0. The summed E-state index contributed by atoms with van der Waals surface area (Å²) in [6.07, 6.45) is 1.51. The van der Waals surface area contributed by atoms with Crippen molar-refractivity contribution in [3.63, 3.8) is 0 Å². The van der Waals surface area contributed by atoms with Crippen molar-refractivity contribution in [2.75, 3.05) is 0 Å². The van der Waals surface area contributed by atoms with Gasteiger partial charge in [-0.15, -0.1) is 0 Å². The standard InChI is InChI=1S/C15H12F2N2O/c16-12-6-14-15(7-13(12)17)19(9-18-14)10-20-8-11-4-2-1-3-5-11/h1-7,9H,8,10H2. The van der Waals surface area contributed by atoms with Crippen molar-refractivity contribution >= 4 is 11.0 Å². The first kappa shape index (κ1) is 12.7. The van der Waals surface area contributed by atoms with Gasteiger partial charge in [0.05, 0.1) is 24.0 Å². The van der Waals surface area contributed by atoms with Crippen LogP contribution in [0.3, 0.4) is 0 Å². The molecule has 3 rings (SSSR count). The highest BCUT2D eigenvalue weighted by Crippen LogP contribution is 2.17. The lowest BCUT2D eigenvalue weighted by Crippen LogP contribution is -2.01. The van der Waals surface area contributed by atoms with E-state index in [9.17, 15) is 8.78 Å². The van der Waals surface area contributed by atoms with E-state index in [2.05, 4.69) is 4.98 Å². The van der Waals surface area contributed by atoms with E-state index in [1.165, 1.54) is 6.33 Å². The van der Waals surface area contributed by atoms with Gasteiger partial charge < -0.3 is 9.30 Å². The Balaban J connectivity index is 1.73. The Morgan fingerprint density at radius 1 is 1.05 bits per heavy atom.